The number of carbonyl (C=O) groups excluding carboxylic acids is 1. The Kier molecular flexibility index (Phi) is 4.97. The van der Waals surface area contributed by atoms with E-state index in [0.29, 0.717) is 24.7 Å². The first kappa shape index (κ1) is 15.1. The van der Waals surface area contributed by atoms with Gasteiger partial charge in [0.2, 0.25) is 5.88 Å². The van der Waals surface area contributed by atoms with Crippen LogP contribution < -0.4 is 10.1 Å². The molecule has 1 saturated heterocycles. The van der Waals surface area contributed by atoms with Crippen LogP contribution >= 0.6 is 0 Å². The Balaban J connectivity index is 1.91. The number of nitrogens with one attached hydrogen (secondary N) is 1. The summed E-state index contributed by atoms with van der Waals surface area (Å²) in [4.78, 5) is 28.6. The van der Waals surface area contributed by atoms with Crippen LogP contribution in [0.4, 0.5) is 10.5 Å². The summed E-state index contributed by atoms with van der Waals surface area (Å²) in [5.74, 6) is -0.315. The number of hydrogen-bond donors (Lipinski definition) is 2. The molecule has 2 N–H and O–H groups in total. The molecule has 0 aliphatic carbocycles. The zero-order valence-electron chi connectivity index (χ0n) is 11.9. The highest BCUT2D eigenvalue weighted by atomic mass is 16.5. The SMILES string of the molecule is COc1ccc(NC(=O)N2CCCC(CC(=O)O)C2)cn1. The van der Waals surface area contributed by atoms with Crippen molar-refractivity contribution in [3.63, 3.8) is 0 Å². The molecule has 1 aromatic rings. The lowest BCUT2D eigenvalue weighted by Crippen LogP contribution is -2.42. The summed E-state index contributed by atoms with van der Waals surface area (Å²) in [6, 6.07) is 3.15. The quantitative estimate of drug-likeness (QED) is 0.883. The molecule has 1 aromatic heterocycles. The number of piperidine rings is 1. The van der Waals surface area contributed by atoms with Gasteiger partial charge in [-0.05, 0) is 24.8 Å². The Labute approximate surface area is 122 Å². The lowest BCUT2D eigenvalue weighted by atomic mass is 9.95. The molecule has 7 heteroatoms. The molecule has 0 radical (unpaired) electrons. The maximum absolute atomic E-state index is 12.2. The smallest absolute Gasteiger partial charge is 0.321 e. The van der Waals surface area contributed by atoms with E-state index < -0.39 is 5.97 Å². The number of anilines is 1. The third kappa shape index (κ3) is 4.34. The highest BCUT2D eigenvalue weighted by Crippen LogP contribution is 2.20. The van der Waals surface area contributed by atoms with Crippen LogP contribution in [0, 0.1) is 5.92 Å². The fourth-order valence-corrected chi connectivity index (χ4v) is 2.44. The van der Waals surface area contributed by atoms with Crippen LogP contribution in [0.3, 0.4) is 0 Å². The Morgan fingerprint density at radius 2 is 2.33 bits per heavy atom. The zero-order chi connectivity index (χ0) is 15.2. The van der Waals surface area contributed by atoms with Gasteiger partial charge in [-0.15, -0.1) is 0 Å². The molecule has 1 atom stereocenters. The molecule has 2 amide bonds. The van der Waals surface area contributed by atoms with E-state index in [0.717, 1.165) is 12.8 Å². The van der Waals surface area contributed by atoms with Gasteiger partial charge in [-0.3, -0.25) is 4.79 Å². The van der Waals surface area contributed by atoms with Crippen molar-refractivity contribution in [2.45, 2.75) is 19.3 Å². The molecule has 1 fully saturated rings. The second-order valence-corrected chi connectivity index (χ2v) is 5.07. The van der Waals surface area contributed by atoms with Crippen molar-refractivity contribution in [3.05, 3.63) is 18.3 Å². The van der Waals surface area contributed by atoms with Gasteiger partial charge in [-0.1, -0.05) is 0 Å². The van der Waals surface area contributed by atoms with Crippen molar-refractivity contribution < 1.29 is 19.4 Å². The van der Waals surface area contributed by atoms with Crippen molar-refractivity contribution in [3.8, 4) is 5.88 Å². The molecule has 1 unspecified atom stereocenters. The topological polar surface area (TPSA) is 91.8 Å². The number of ether oxygens (including phenoxy) is 1. The van der Waals surface area contributed by atoms with Gasteiger partial charge in [0.05, 0.1) is 19.0 Å². The van der Waals surface area contributed by atoms with Gasteiger partial charge >= 0.3 is 12.0 Å². The fourth-order valence-electron chi connectivity index (χ4n) is 2.44. The Hall–Kier alpha value is -2.31. The van der Waals surface area contributed by atoms with Gasteiger partial charge in [0.1, 0.15) is 0 Å². The number of carboxylic acids is 1. The lowest BCUT2D eigenvalue weighted by Gasteiger charge is -2.32. The summed E-state index contributed by atoms with van der Waals surface area (Å²) in [6.45, 7) is 1.12. The van der Waals surface area contributed by atoms with Gasteiger partial charge in [0, 0.05) is 25.6 Å². The zero-order valence-corrected chi connectivity index (χ0v) is 11.9. The summed E-state index contributed by atoms with van der Waals surface area (Å²) in [7, 11) is 1.52. The monoisotopic (exact) mass is 293 g/mol. The maximum atomic E-state index is 12.2. The predicted molar refractivity (Wildman–Crippen MR) is 76.4 cm³/mol. The van der Waals surface area contributed by atoms with Crippen LogP contribution in [0.25, 0.3) is 0 Å². The summed E-state index contributed by atoms with van der Waals surface area (Å²) in [5, 5.41) is 11.6. The van der Waals surface area contributed by atoms with E-state index in [-0.39, 0.29) is 18.4 Å². The minimum absolute atomic E-state index is 0.0241. The van der Waals surface area contributed by atoms with Crippen LogP contribution in [-0.2, 0) is 4.79 Å². The standard InChI is InChI=1S/C14H19N3O4/c1-21-12-5-4-11(8-15-12)16-14(20)17-6-2-3-10(9-17)7-13(18)19/h4-5,8,10H,2-3,6-7,9H2,1H3,(H,16,20)(H,18,19). The van der Waals surface area contributed by atoms with Crippen molar-refractivity contribution in [1.29, 1.82) is 0 Å². The third-order valence-corrected chi connectivity index (χ3v) is 3.47. The number of aromatic nitrogens is 1. The number of hydrogen-bond acceptors (Lipinski definition) is 4. The number of carbonyl (C=O) groups is 2. The van der Waals surface area contributed by atoms with Gasteiger partial charge in [0.25, 0.3) is 0 Å². The molecule has 1 aliphatic rings. The number of urea groups is 1. The molecule has 0 saturated carbocycles. The first-order valence-corrected chi connectivity index (χ1v) is 6.86. The molecule has 114 valence electrons. The first-order chi connectivity index (χ1) is 10.1. The summed E-state index contributed by atoms with van der Waals surface area (Å²) >= 11 is 0. The second kappa shape index (κ2) is 6.92. The molecule has 2 heterocycles. The van der Waals surface area contributed by atoms with E-state index in [9.17, 15) is 9.59 Å². The van der Waals surface area contributed by atoms with E-state index in [2.05, 4.69) is 10.3 Å². The largest absolute Gasteiger partial charge is 0.481 e. The van der Waals surface area contributed by atoms with Crippen LogP contribution in [0.5, 0.6) is 5.88 Å². The molecule has 1 aliphatic heterocycles. The molecular formula is C14H19N3O4. The minimum Gasteiger partial charge on any atom is -0.481 e. The number of pyridine rings is 1. The van der Waals surface area contributed by atoms with Crippen molar-refractivity contribution >= 4 is 17.7 Å². The number of rotatable bonds is 4. The highest BCUT2D eigenvalue weighted by molar-refractivity contribution is 5.89. The highest BCUT2D eigenvalue weighted by Gasteiger charge is 2.25. The predicted octanol–water partition coefficient (Wildman–Crippen LogP) is 1.81. The fraction of sp³-hybridized carbons (Fsp3) is 0.500. The normalized spacial score (nSPS) is 18.1. The summed E-state index contributed by atoms with van der Waals surface area (Å²) < 4.78 is 4.95. The van der Waals surface area contributed by atoms with Crippen LogP contribution in [0.1, 0.15) is 19.3 Å². The average Bonchev–Trinajstić information content (AvgIpc) is 2.47. The molecular weight excluding hydrogens is 274 g/mol. The first-order valence-electron chi connectivity index (χ1n) is 6.86. The van der Waals surface area contributed by atoms with E-state index >= 15 is 0 Å². The molecule has 7 nitrogen and oxygen atoms in total. The minimum atomic E-state index is -0.818. The molecule has 0 spiro atoms. The van der Waals surface area contributed by atoms with Gasteiger partial charge in [-0.25, -0.2) is 9.78 Å². The average molecular weight is 293 g/mol. The van der Waals surface area contributed by atoms with Crippen LogP contribution in [-0.4, -0.2) is 47.2 Å². The molecule has 0 bridgehead atoms. The summed E-state index contributed by atoms with van der Waals surface area (Å²) in [6.07, 6.45) is 3.30. The van der Waals surface area contributed by atoms with Crippen LogP contribution in [0.15, 0.2) is 18.3 Å². The van der Waals surface area contributed by atoms with Crippen molar-refractivity contribution in [2.75, 3.05) is 25.5 Å². The lowest BCUT2D eigenvalue weighted by molar-refractivity contribution is -0.138. The molecule has 0 aromatic carbocycles. The Bertz CT molecular complexity index is 503. The molecule has 2 rings (SSSR count). The second-order valence-electron chi connectivity index (χ2n) is 5.07. The number of nitrogens with zero attached hydrogens (tertiary/aromatic N) is 2. The Morgan fingerprint density at radius 3 is 2.95 bits per heavy atom. The van der Waals surface area contributed by atoms with Crippen LogP contribution in [0.2, 0.25) is 0 Å². The van der Waals surface area contributed by atoms with Crippen molar-refractivity contribution in [1.82, 2.24) is 9.88 Å². The van der Waals surface area contributed by atoms with Crippen molar-refractivity contribution in [2.24, 2.45) is 5.92 Å². The van der Waals surface area contributed by atoms with Gasteiger partial charge < -0.3 is 20.1 Å². The van der Waals surface area contributed by atoms with Gasteiger partial charge in [-0.2, -0.15) is 0 Å². The third-order valence-electron chi connectivity index (χ3n) is 3.47. The maximum Gasteiger partial charge on any atom is 0.321 e. The van der Waals surface area contributed by atoms with E-state index in [1.54, 1.807) is 17.0 Å². The van der Waals surface area contributed by atoms with E-state index in [1.807, 2.05) is 0 Å². The van der Waals surface area contributed by atoms with Gasteiger partial charge in [0.15, 0.2) is 0 Å². The number of amides is 2. The van der Waals surface area contributed by atoms with E-state index in [1.165, 1.54) is 13.3 Å². The number of likely N-dealkylation sites (tertiary alicyclic amines) is 1. The molecule has 21 heavy (non-hydrogen) atoms. The number of methoxy groups -OCH3 is 1. The number of aliphatic carboxylic acids is 1. The summed E-state index contributed by atoms with van der Waals surface area (Å²) in [5.41, 5.74) is 0.584. The van der Waals surface area contributed by atoms with E-state index in [4.69, 9.17) is 9.84 Å². The Morgan fingerprint density at radius 1 is 1.52 bits per heavy atom. The number of carboxylic acid groups (broad SMARTS) is 1.